The van der Waals surface area contributed by atoms with Crippen LogP contribution in [0.5, 0.6) is 5.75 Å². The van der Waals surface area contributed by atoms with E-state index in [9.17, 15) is 13.5 Å². The molecule has 0 saturated carbocycles. The molecule has 1 aromatic heterocycles. The van der Waals surface area contributed by atoms with Gasteiger partial charge in [0.15, 0.2) is 0 Å². The van der Waals surface area contributed by atoms with Crippen molar-refractivity contribution in [3.05, 3.63) is 45.6 Å². The lowest BCUT2D eigenvalue weighted by Gasteiger charge is -2.13. The number of benzene rings is 1. The third kappa shape index (κ3) is 3.67. The summed E-state index contributed by atoms with van der Waals surface area (Å²) in [6.45, 7) is 3.60. The summed E-state index contributed by atoms with van der Waals surface area (Å²) in [5, 5.41) is 12.0. The minimum Gasteiger partial charge on any atom is -0.496 e. The third-order valence-electron chi connectivity index (χ3n) is 3.35. The number of hydrogen-bond acceptors (Lipinski definition) is 5. The first-order chi connectivity index (χ1) is 10.3. The van der Waals surface area contributed by atoms with Gasteiger partial charge >= 0.3 is 0 Å². The second-order valence-electron chi connectivity index (χ2n) is 4.97. The number of thiophene rings is 1. The number of sulfonamides is 1. The largest absolute Gasteiger partial charge is 0.496 e. The molecule has 0 fully saturated rings. The number of methoxy groups -OCH3 is 1. The molecule has 1 atom stereocenters. The maximum absolute atomic E-state index is 12.3. The summed E-state index contributed by atoms with van der Waals surface area (Å²) in [5.74, 6) is 0.633. The van der Waals surface area contributed by atoms with E-state index >= 15 is 0 Å². The predicted molar refractivity (Wildman–Crippen MR) is 86.9 cm³/mol. The Morgan fingerprint density at radius 2 is 2.00 bits per heavy atom. The zero-order valence-corrected chi connectivity index (χ0v) is 14.3. The van der Waals surface area contributed by atoms with Crippen molar-refractivity contribution in [1.29, 1.82) is 0 Å². The van der Waals surface area contributed by atoms with Gasteiger partial charge in [-0.15, -0.1) is 11.3 Å². The summed E-state index contributed by atoms with van der Waals surface area (Å²) < 4.78 is 32.1. The van der Waals surface area contributed by atoms with Crippen molar-refractivity contribution in [2.24, 2.45) is 0 Å². The molecular formula is C15H19NO4S2. The highest BCUT2D eigenvalue weighted by atomic mass is 32.2. The van der Waals surface area contributed by atoms with Crippen molar-refractivity contribution in [3.8, 4) is 5.75 Å². The van der Waals surface area contributed by atoms with Crippen molar-refractivity contribution >= 4 is 21.4 Å². The average molecular weight is 341 g/mol. The fourth-order valence-corrected chi connectivity index (χ4v) is 4.14. The van der Waals surface area contributed by atoms with Gasteiger partial charge in [-0.05, 0) is 54.6 Å². The van der Waals surface area contributed by atoms with Gasteiger partial charge in [0.25, 0.3) is 0 Å². The molecule has 1 heterocycles. The maximum atomic E-state index is 12.3. The number of aliphatic hydroxyl groups excluding tert-OH is 1. The summed E-state index contributed by atoms with van der Waals surface area (Å²) in [5.41, 5.74) is 1.69. The molecule has 0 aliphatic carbocycles. The van der Waals surface area contributed by atoms with E-state index in [0.717, 1.165) is 16.0 Å². The normalized spacial score (nSPS) is 13.1. The van der Waals surface area contributed by atoms with E-state index in [2.05, 4.69) is 4.72 Å². The first-order valence-electron chi connectivity index (χ1n) is 6.71. The highest BCUT2D eigenvalue weighted by Gasteiger charge is 2.19. The second-order valence-corrected chi connectivity index (χ2v) is 7.68. The Morgan fingerprint density at radius 1 is 1.27 bits per heavy atom. The van der Waals surface area contributed by atoms with Crippen LogP contribution in [0, 0.1) is 13.8 Å². The van der Waals surface area contributed by atoms with Crippen LogP contribution in [0.2, 0.25) is 0 Å². The molecule has 2 rings (SSSR count). The lowest BCUT2D eigenvalue weighted by Crippen LogP contribution is -2.28. The van der Waals surface area contributed by atoms with Gasteiger partial charge in [-0.1, -0.05) is 0 Å². The summed E-state index contributed by atoms with van der Waals surface area (Å²) in [6.07, 6.45) is -0.853. The van der Waals surface area contributed by atoms with Crippen LogP contribution in [0.3, 0.4) is 0 Å². The van der Waals surface area contributed by atoms with Gasteiger partial charge in [-0.2, -0.15) is 0 Å². The third-order valence-corrected chi connectivity index (χ3v) is 5.89. The number of nitrogens with one attached hydrogen (secondary N) is 1. The van der Waals surface area contributed by atoms with Crippen LogP contribution in [-0.2, 0) is 10.0 Å². The molecule has 120 valence electrons. The molecule has 0 saturated heterocycles. The van der Waals surface area contributed by atoms with Gasteiger partial charge in [0.2, 0.25) is 10.0 Å². The van der Waals surface area contributed by atoms with Crippen LogP contribution in [-0.4, -0.2) is 27.2 Å². The highest BCUT2D eigenvalue weighted by molar-refractivity contribution is 7.89. The fourth-order valence-electron chi connectivity index (χ4n) is 2.11. The highest BCUT2D eigenvalue weighted by Crippen LogP contribution is 2.24. The average Bonchev–Trinajstić information content (AvgIpc) is 2.91. The van der Waals surface area contributed by atoms with Gasteiger partial charge in [0.05, 0.1) is 12.0 Å². The van der Waals surface area contributed by atoms with Crippen molar-refractivity contribution < 1.29 is 18.3 Å². The molecular weight excluding hydrogens is 322 g/mol. The zero-order chi connectivity index (χ0) is 16.3. The van der Waals surface area contributed by atoms with Crippen LogP contribution in [0.4, 0.5) is 0 Å². The molecule has 5 nitrogen and oxygen atoms in total. The molecule has 0 amide bonds. The number of hydrogen-bond donors (Lipinski definition) is 2. The SMILES string of the molecule is COc1ccc(S(=O)(=O)NC[C@H](O)c2sccc2C)cc1C. The molecule has 2 aromatic rings. The summed E-state index contributed by atoms with van der Waals surface area (Å²) in [4.78, 5) is 0.925. The Labute approximate surface area is 134 Å². The number of ether oxygens (including phenoxy) is 1. The Kier molecular flexibility index (Phi) is 5.23. The Bertz CT molecular complexity index is 753. The standard InChI is InChI=1S/C15H19NO4S2/c1-10-6-7-21-15(10)13(17)9-16-22(18,19)12-4-5-14(20-3)11(2)8-12/h4-8,13,16-17H,9H2,1-3H3/t13-/m0/s1. The Morgan fingerprint density at radius 3 is 2.55 bits per heavy atom. The topological polar surface area (TPSA) is 75.6 Å². The number of aliphatic hydroxyl groups is 1. The summed E-state index contributed by atoms with van der Waals surface area (Å²) in [6, 6.07) is 6.54. The van der Waals surface area contributed by atoms with Gasteiger partial charge < -0.3 is 9.84 Å². The molecule has 0 spiro atoms. The molecule has 22 heavy (non-hydrogen) atoms. The lowest BCUT2D eigenvalue weighted by atomic mass is 10.2. The van der Waals surface area contributed by atoms with Crippen molar-refractivity contribution in [2.45, 2.75) is 24.8 Å². The van der Waals surface area contributed by atoms with Crippen molar-refractivity contribution in [1.82, 2.24) is 4.72 Å². The zero-order valence-electron chi connectivity index (χ0n) is 12.7. The fraction of sp³-hybridized carbons (Fsp3) is 0.333. The second kappa shape index (κ2) is 6.78. The van der Waals surface area contributed by atoms with Crippen LogP contribution in [0.25, 0.3) is 0 Å². The quantitative estimate of drug-likeness (QED) is 0.846. The van der Waals surface area contributed by atoms with Crippen molar-refractivity contribution in [2.75, 3.05) is 13.7 Å². The lowest BCUT2D eigenvalue weighted by molar-refractivity contribution is 0.185. The molecule has 0 bridgehead atoms. The smallest absolute Gasteiger partial charge is 0.240 e. The first kappa shape index (κ1) is 17.0. The van der Waals surface area contributed by atoms with Crippen LogP contribution >= 0.6 is 11.3 Å². The molecule has 0 aliphatic rings. The predicted octanol–water partition coefficient (Wildman–Crippen LogP) is 2.39. The monoisotopic (exact) mass is 341 g/mol. The molecule has 2 N–H and O–H groups in total. The van der Waals surface area contributed by atoms with E-state index in [1.165, 1.54) is 24.5 Å². The Balaban J connectivity index is 2.11. The Hall–Kier alpha value is -1.41. The maximum Gasteiger partial charge on any atom is 0.240 e. The van der Waals surface area contributed by atoms with E-state index < -0.39 is 16.1 Å². The molecule has 7 heteroatoms. The first-order valence-corrected chi connectivity index (χ1v) is 9.08. The summed E-state index contributed by atoms with van der Waals surface area (Å²) >= 11 is 1.41. The molecule has 0 radical (unpaired) electrons. The van der Waals surface area contributed by atoms with E-state index in [1.807, 2.05) is 18.4 Å². The molecule has 0 aliphatic heterocycles. The minimum absolute atomic E-state index is 0.0608. The molecule has 0 unspecified atom stereocenters. The van der Waals surface area contributed by atoms with Crippen LogP contribution < -0.4 is 9.46 Å². The van der Waals surface area contributed by atoms with Crippen LogP contribution in [0.1, 0.15) is 22.1 Å². The van der Waals surface area contributed by atoms with E-state index in [1.54, 1.807) is 19.1 Å². The van der Waals surface area contributed by atoms with E-state index in [0.29, 0.717) is 5.75 Å². The number of rotatable bonds is 6. The van der Waals surface area contributed by atoms with Gasteiger partial charge in [-0.25, -0.2) is 13.1 Å². The van der Waals surface area contributed by atoms with Gasteiger partial charge in [-0.3, -0.25) is 0 Å². The van der Waals surface area contributed by atoms with Crippen LogP contribution in [0.15, 0.2) is 34.5 Å². The van der Waals surface area contributed by atoms with E-state index in [4.69, 9.17) is 4.74 Å². The number of aryl methyl sites for hydroxylation is 2. The van der Waals surface area contributed by atoms with Gasteiger partial charge in [0.1, 0.15) is 11.9 Å². The molecule has 1 aromatic carbocycles. The van der Waals surface area contributed by atoms with Crippen molar-refractivity contribution in [3.63, 3.8) is 0 Å². The minimum atomic E-state index is -3.67. The van der Waals surface area contributed by atoms with E-state index in [-0.39, 0.29) is 11.4 Å². The summed E-state index contributed by atoms with van der Waals surface area (Å²) in [7, 11) is -2.13. The van der Waals surface area contributed by atoms with Gasteiger partial charge in [0, 0.05) is 11.4 Å².